The summed E-state index contributed by atoms with van der Waals surface area (Å²) in [6.07, 6.45) is 10.5. The highest BCUT2D eigenvalue weighted by atomic mass is 16.5. The number of unbranched alkanes of at least 4 members (excludes halogenated alkanes) is 7. The highest BCUT2D eigenvalue weighted by Crippen LogP contribution is 2.11. The maximum absolute atomic E-state index is 12.5. The van der Waals surface area contributed by atoms with E-state index >= 15 is 0 Å². The molecule has 0 fully saturated rings. The summed E-state index contributed by atoms with van der Waals surface area (Å²) in [6.45, 7) is 6.80. The van der Waals surface area contributed by atoms with Gasteiger partial charge in [-0.05, 0) is 19.8 Å². The Morgan fingerprint density at radius 3 is 2.35 bits per heavy atom. The van der Waals surface area contributed by atoms with Crippen molar-refractivity contribution in [2.24, 2.45) is 0 Å². The number of hydrogen-bond acceptors (Lipinski definition) is 4. The molecule has 0 aliphatic heterocycles. The second-order valence-corrected chi connectivity index (χ2v) is 6.91. The van der Waals surface area contributed by atoms with E-state index in [-0.39, 0.29) is 18.4 Å². The first kappa shape index (κ1) is 22.2. The third-order valence-corrected chi connectivity index (χ3v) is 4.36. The standard InChI is InChI=1S/C20H35N3O3/c1-4-6-8-9-10-11-13-20(25)23(14-12-7-5-2)16-19(24)21-18-15-17(3)26-22-18/h15H,4-14,16H2,1-3H3,(H,21,22,24). The van der Waals surface area contributed by atoms with Gasteiger partial charge >= 0.3 is 0 Å². The normalized spacial score (nSPS) is 10.7. The number of nitrogens with zero attached hydrogens (tertiary/aromatic N) is 2. The summed E-state index contributed by atoms with van der Waals surface area (Å²) in [5.41, 5.74) is 0. The second-order valence-electron chi connectivity index (χ2n) is 6.91. The number of nitrogens with one attached hydrogen (secondary N) is 1. The van der Waals surface area contributed by atoms with Crippen LogP contribution in [0.4, 0.5) is 5.82 Å². The Hall–Kier alpha value is -1.85. The minimum atomic E-state index is -0.230. The minimum absolute atomic E-state index is 0.0723. The number of amides is 2. The SMILES string of the molecule is CCCCCCCCC(=O)N(CCCCC)CC(=O)Nc1cc(C)on1. The first-order valence-corrected chi connectivity index (χ1v) is 10.1. The lowest BCUT2D eigenvalue weighted by molar-refractivity contribution is -0.134. The Labute approximate surface area is 157 Å². The number of rotatable bonds is 14. The fourth-order valence-electron chi connectivity index (χ4n) is 2.84. The molecule has 1 aromatic rings. The monoisotopic (exact) mass is 365 g/mol. The molecule has 1 N–H and O–H groups in total. The molecule has 1 rings (SSSR count). The third-order valence-electron chi connectivity index (χ3n) is 4.36. The Kier molecular flexibility index (Phi) is 11.4. The van der Waals surface area contributed by atoms with E-state index in [1.54, 1.807) is 17.9 Å². The highest BCUT2D eigenvalue weighted by Gasteiger charge is 2.17. The van der Waals surface area contributed by atoms with Crippen LogP contribution < -0.4 is 5.32 Å². The molecule has 148 valence electrons. The fraction of sp³-hybridized carbons (Fsp3) is 0.750. The van der Waals surface area contributed by atoms with Gasteiger partial charge in [-0.3, -0.25) is 9.59 Å². The Balaban J connectivity index is 2.43. The second kappa shape index (κ2) is 13.4. The van der Waals surface area contributed by atoms with Crippen molar-refractivity contribution < 1.29 is 14.1 Å². The summed E-state index contributed by atoms with van der Waals surface area (Å²) in [5.74, 6) is 0.873. The van der Waals surface area contributed by atoms with E-state index in [9.17, 15) is 9.59 Å². The number of carbonyl (C=O) groups is 2. The van der Waals surface area contributed by atoms with Gasteiger partial charge < -0.3 is 14.7 Å². The highest BCUT2D eigenvalue weighted by molar-refractivity contribution is 5.93. The Morgan fingerprint density at radius 1 is 1.04 bits per heavy atom. The smallest absolute Gasteiger partial charge is 0.245 e. The van der Waals surface area contributed by atoms with Crippen LogP contribution in [0.25, 0.3) is 0 Å². The van der Waals surface area contributed by atoms with Crippen molar-refractivity contribution in [3.63, 3.8) is 0 Å². The van der Waals surface area contributed by atoms with Crippen LogP contribution in [0.3, 0.4) is 0 Å². The lowest BCUT2D eigenvalue weighted by atomic mass is 10.1. The number of anilines is 1. The topological polar surface area (TPSA) is 75.4 Å². The Bertz CT molecular complexity index is 528. The molecular formula is C20H35N3O3. The van der Waals surface area contributed by atoms with E-state index in [0.717, 1.165) is 32.1 Å². The third kappa shape index (κ3) is 9.59. The average Bonchev–Trinajstić information content (AvgIpc) is 3.01. The molecule has 26 heavy (non-hydrogen) atoms. The van der Waals surface area contributed by atoms with E-state index in [0.29, 0.717) is 24.5 Å². The molecule has 0 aliphatic rings. The van der Waals surface area contributed by atoms with Crippen LogP contribution >= 0.6 is 0 Å². The van der Waals surface area contributed by atoms with Crippen molar-refractivity contribution >= 4 is 17.6 Å². The summed E-state index contributed by atoms with van der Waals surface area (Å²) in [6, 6.07) is 1.66. The molecule has 1 aromatic heterocycles. The van der Waals surface area contributed by atoms with Gasteiger partial charge in [0.05, 0.1) is 6.54 Å². The van der Waals surface area contributed by atoms with E-state index < -0.39 is 0 Å². The number of aromatic nitrogens is 1. The molecule has 0 atom stereocenters. The molecule has 0 saturated heterocycles. The van der Waals surface area contributed by atoms with E-state index in [2.05, 4.69) is 24.3 Å². The lowest BCUT2D eigenvalue weighted by Gasteiger charge is -2.22. The summed E-state index contributed by atoms with van der Waals surface area (Å²) in [7, 11) is 0. The van der Waals surface area contributed by atoms with Crippen LogP contribution in [0.1, 0.15) is 83.8 Å². The van der Waals surface area contributed by atoms with Gasteiger partial charge in [0.2, 0.25) is 11.8 Å². The molecule has 6 heteroatoms. The van der Waals surface area contributed by atoms with E-state index in [1.165, 1.54) is 25.7 Å². The number of aryl methyl sites for hydroxylation is 1. The minimum Gasteiger partial charge on any atom is -0.360 e. The van der Waals surface area contributed by atoms with Gasteiger partial charge in [0.25, 0.3) is 0 Å². The molecule has 1 heterocycles. The van der Waals surface area contributed by atoms with E-state index in [4.69, 9.17) is 4.52 Å². The first-order chi connectivity index (χ1) is 12.6. The van der Waals surface area contributed by atoms with Gasteiger partial charge in [-0.25, -0.2) is 0 Å². The van der Waals surface area contributed by atoms with Crippen LogP contribution in [0.15, 0.2) is 10.6 Å². The van der Waals surface area contributed by atoms with Gasteiger partial charge in [-0.1, -0.05) is 63.9 Å². The van der Waals surface area contributed by atoms with Gasteiger partial charge in [-0.15, -0.1) is 0 Å². The molecule has 0 spiro atoms. The average molecular weight is 366 g/mol. The number of hydrogen-bond donors (Lipinski definition) is 1. The molecule has 6 nitrogen and oxygen atoms in total. The maximum atomic E-state index is 12.5. The maximum Gasteiger partial charge on any atom is 0.245 e. The molecule has 2 amide bonds. The summed E-state index contributed by atoms with van der Waals surface area (Å²) in [5, 5.41) is 6.45. The van der Waals surface area contributed by atoms with Crippen molar-refractivity contribution in [2.75, 3.05) is 18.4 Å². The zero-order chi connectivity index (χ0) is 19.2. The number of carbonyl (C=O) groups excluding carboxylic acids is 2. The first-order valence-electron chi connectivity index (χ1n) is 10.1. The summed E-state index contributed by atoms with van der Waals surface area (Å²) in [4.78, 5) is 26.4. The van der Waals surface area contributed by atoms with E-state index in [1.807, 2.05) is 0 Å². The molecule has 0 aromatic carbocycles. The molecule has 0 bridgehead atoms. The quantitative estimate of drug-likeness (QED) is 0.485. The summed E-state index contributed by atoms with van der Waals surface area (Å²) < 4.78 is 4.95. The van der Waals surface area contributed by atoms with Gasteiger partial charge in [0.1, 0.15) is 5.76 Å². The summed E-state index contributed by atoms with van der Waals surface area (Å²) >= 11 is 0. The van der Waals surface area contributed by atoms with Crippen LogP contribution in [-0.2, 0) is 9.59 Å². The van der Waals surface area contributed by atoms with Gasteiger partial charge in [0, 0.05) is 19.0 Å². The predicted molar refractivity (Wildman–Crippen MR) is 104 cm³/mol. The van der Waals surface area contributed by atoms with Crippen molar-refractivity contribution in [1.29, 1.82) is 0 Å². The largest absolute Gasteiger partial charge is 0.360 e. The molecule has 0 unspecified atom stereocenters. The zero-order valence-electron chi connectivity index (χ0n) is 16.7. The fourth-order valence-corrected chi connectivity index (χ4v) is 2.84. The lowest BCUT2D eigenvalue weighted by Crippen LogP contribution is -2.38. The molecule has 0 radical (unpaired) electrons. The Morgan fingerprint density at radius 2 is 1.69 bits per heavy atom. The molecule has 0 saturated carbocycles. The van der Waals surface area contributed by atoms with Crippen LogP contribution in [0.2, 0.25) is 0 Å². The van der Waals surface area contributed by atoms with Crippen molar-refractivity contribution in [1.82, 2.24) is 10.1 Å². The molecular weight excluding hydrogens is 330 g/mol. The van der Waals surface area contributed by atoms with Crippen molar-refractivity contribution in [2.45, 2.75) is 85.0 Å². The van der Waals surface area contributed by atoms with Crippen LogP contribution in [0.5, 0.6) is 0 Å². The zero-order valence-corrected chi connectivity index (χ0v) is 16.7. The van der Waals surface area contributed by atoms with Gasteiger partial charge in [0.15, 0.2) is 5.82 Å². The van der Waals surface area contributed by atoms with Gasteiger partial charge in [-0.2, -0.15) is 0 Å². The van der Waals surface area contributed by atoms with Crippen LogP contribution in [-0.4, -0.2) is 35.0 Å². The predicted octanol–water partition coefficient (Wildman–Crippen LogP) is 4.69. The van der Waals surface area contributed by atoms with Crippen molar-refractivity contribution in [3.05, 3.63) is 11.8 Å². The van der Waals surface area contributed by atoms with Crippen LogP contribution in [0, 0.1) is 6.92 Å². The van der Waals surface area contributed by atoms with Crippen molar-refractivity contribution in [3.8, 4) is 0 Å². The molecule has 0 aliphatic carbocycles.